The highest BCUT2D eigenvalue weighted by Gasteiger charge is 2.24. The highest BCUT2D eigenvalue weighted by molar-refractivity contribution is 6.38. The highest BCUT2D eigenvalue weighted by Crippen LogP contribution is 2.35. The predicted octanol–water partition coefficient (Wildman–Crippen LogP) is 3.50. The number of carbonyl (C=O) groups is 2. The van der Waals surface area contributed by atoms with Gasteiger partial charge in [0.05, 0.1) is 22.3 Å². The molecule has 1 aromatic carbocycles. The number of aryl methyl sites for hydroxylation is 1. The highest BCUT2D eigenvalue weighted by atomic mass is 35.5. The number of ketones is 1. The average molecular weight is 492 g/mol. The van der Waals surface area contributed by atoms with Crippen LogP contribution in [0.1, 0.15) is 34.3 Å². The fourth-order valence-electron chi connectivity index (χ4n) is 3.30. The van der Waals surface area contributed by atoms with Crippen molar-refractivity contribution in [2.24, 2.45) is 0 Å². The first-order valence-electron chi connectivity index (χ1n) is 10.4. The van der Waals surface area contributed by atoms with Gasteiger partial charge in [0.2, 0.25) is 5.91 Å². The van der Waals surface area contributed by atoms with Gasteiger partial charge in [-0.15, -0.1) is 0 Å². The number of rotatable bonds is 10. The lowest BCUT2D eigenvalue weighted by molar-refractivity contribution is -0.121. The van der Waals surface area contributed by atoms with Gasteiger partial charge in [-0.2, -0.15) is 0 Å². The molecule has 0 aliphatic rings. The Morgan fingerprint density at radius 1 is 1.24 bits per heavy atom. The molecule has 0 aliphatic heterocycles. The van der Waals surface area contributed by atoms with Gasteiger partial charge in [-0.1, -0.05) is 23.2 Å². The van der Waals surface area contributed by atoms with E-state index < -0.39 is 6.23 Å². The van der Waals surface area contributed by atoms with Crippen molar-refractivity contribution >= 4 is 40.5 Å². The number of imidazole rings is 1. The third kappa shape index (κ3) is 6.03. The molecule has 176 valence electrons. The molecule has 0 saturated heterocycles. The minimum absolute atomic E-state index is 0.162. The third-order valence-corrected chi connectivity index (χ3v) is 5.73. The van der Waals surface area contributed by atoms with Crippen LogP contribution >= 0.6 is 23.2 Å². The number of ether oxygens (including phenoxy) is 1. The Labute approximate surface area is 202 Å². The molecule has 0 radical (unpaired) electrons. The first-order valence-corrected chi connectivity index (χ1v) is 11.2. The second-order valence-corrected chi connectivity index (χ2v) is 8.63. The molecule has 1 unspecified atom stereocenters. The SMILES string of the molecule is CNC(Oc1cccn2cc(C)nc12)c1c(Cl)ccc(C(=O)CNC(=O)CCN(C)C)c1Cl. The molecule has 8 nitrogen and oxygen atoms in total. The van der Waals surface area contributed by atoms with Crippen molar-refractivity contribution in [3.63, 3.8) is 0 Å². The number of fused-ring (bicyclic) bond motifs is 1. The van der Waals surface area contributed by atoms with Gasteiger partial charge >= 0.3 is 0 Å². The van der Waals surface area contributed by atoms with Crippen LogP contribution < -0.4 is 15.4 Å². The van der Waals surface area contributed by atoms with Crippen molar-refractivity contribution in [3.05, 3.63) is 63.5 Å². The molecule has 10 heteroatoms. The number of hydrogen-bond donors (Lipinski definition) is 2. The van der Waals surface area contributed by atoms with Gasteiger partial charge in [-0.3, -0.25) is 14.9 Å². The molecule has 1 amide bonds. The van der Waals surface area contributed by atoms with Crippen LogP contribution in [0.5, 0.6) is 5.75 Å². The molecule has 33 heavy (non-hydrogen) atoms. The maximum atomic E-state index is 12.8. The second kappa shape index (κ2) is 11.0. The number of amides is 1. The smallest absolute Gasteiger partial charge is 0.221 e. The molecule has 2 N–H and O–H groups in total. The van der Waals surface area contributed by atoms with Crippen LogP contribution in [0.3, 0.4) is 0 Å². The maximum absolute atomic E-state index is 12.8. The molecule has 2 heterocycles. The fraction of sp³-hybridized carbons (Fsp3) is 0.348. The minimum Gasteiger partial charge on any atom is -0.467 e. The molecule has 0 bridgehead atoms. The Kier molecular flexibility index (Phi) is 8.31. The lowest BCUT2D eigenvalue weighted by atomic mass is 10.1. The summed E-state index contributed by atoms with van der Waals surface area (Å²) in [6.45, 7) is 2.33. The summed E-state index contributed by atoms with van der Waals surface area (Å²) in [7, 11) is 5.46. The Balaban J connectivity index is 1.82. The van der Waals surface area contributed by atoms with E-state index in [1.54, 1.807) is 25.2 Å². The zero-order chi connectivity index (χ0) is 24.1. The van der Waals surface area contributed by atoms with Crippen LogP contribution in [0.2, 0.25) is 10.0 Å². The lowest BCUT2D eigenvalue weighted by Gasteiger charge is -2.22. The minimum atomic E-state index is -0.740. The molecular weight excluding hydrogens is 465 g/mol. The van der Waals surface area contributed by atoms with E-state index in [-0.39, 0.29) is 28.8 Å². The molecule has 3 rings (SSSR count). The summed E-state index contributed by atoms with van der Waals surface area (Å²) in [6, 6.07) is 6.79. The topological polar surface area (TPSA) is 88.0 Å². The van der Waals surface area contributed by atoms with E-state index in [0.717, 1.165) is 5.69 Å². The van der Waals surface area contributed by atoms with Gasteiger partial charge in [0.25, 0.3) is 0 Å². The number of hydrogen-bond acceptors (Lipinski definition) is 6. The summed E-state index contributed by atoms with van der Waals surface area (Å²) in [4.78, 5) is 31.2. The quantitative estimate of drug-likeness (QED) is 0.333. The number of aromatic nitrogens is 2. The number of halogens is 2. The van der Waals surface area contributed by atoms with Crippen molar-refractivity contribution in [2.45, 2.75) is 19.6 Å². The third-order valence-electron chi connectivity index (χ3n) is 5.00. The van der Waals surface area contributed by atoms with Crippen LogP contribution in [-0.4, -0.2) is 60.2 Å². The van der Waals surface area contributed by atoms with Gasteiger partial charge < -0.3 is 19.4 Å². The number of pyridine rings is 1. The Morgan fingerprint density at radius 3 is 2.70 bits per heavy atom. The molecule has 1 atom stereocenters. The number of benzene rings is 1. The second-order valence-electron chi connectivity index (χ2n) is 7.85. The monoisotopic (exact) mass is 491 g/mol. The van der Waals surface area contributed by atoms with Gasteiger partial charge in [-0.05, 0) is 52.3 Å². The van der Waals surface area contributed by atoms with E-state index in [0.29, 0.717) is 34.9 Å². The van der Waals surface area contributed by atoms with E-state index in [1.807, 2.05) is 48.8 Å². The first kappa shape index (κ1) is 25.0. The van der Waals surface area contributed by atoms with E-state index in [2.05, 4.69) is 15.6 Å². The van der Waals surface area contributed by atoms with Crippen molar-refractivity contribution < 1.29 is 14.3 Å². The van der Waals surface area contributed by atoms with E-state index in [4.69, 9.17) is 27.9 Å². The Bertz CT molecular complexity index is 1160. The zero-order valence-corrected chi connectivity index (χ0v) is 20.5. The van der Waals surface area contributed by atoms with Crippen molar-refractivity contribution in [3.8, 4) is 5.75 Å². The summed E-state index contributed by atoms with van der Waals surface area (Å²) in [5.41, 5.74) is 2.18. The largest absolute Gasteiger partial charge is 0.467 e. The van der Waals surface area contributed by atoms with Gasteiger partial charge in [0.1, 0.15) is 0 Å². The van der Waals surface area contributed by atoms with E-state index in [1.165, 1.54) is 0 Å². The molecular formula is C23H27Cl2N5O3. The van der Waals surface area contributed by atoms with Crippen LogP contribution in [0.15, 0.2) is 36.7 Å². The molecule has 2 aromatic heterocycles. The van der Waals surface area contributed by atoms with Crippen LogP contribution in [-0.2, 0) is 4.79 Å². The molecule has 0 fully saturated rings. The summed E-state index contributed by atoms with van der Waals surface area (Å²) in [5, 5.41) is 6.20. The number of Topliss-reactive ketones (excluding diaryl/α,β-unsaturated/α-hetero) is 1. The normalized spacial score (nSPS) is 12.2. The maximum Gasteiger partial charge on any atom is 0.221 e. The average Bonchev–Trinajstić information content (AvgIpc) is 3.16. The van der Waals surface area contributed by atoms with Gasteiger partial charge in [-0.25, -0.2) is 4.98 Å². The van der Waals surface area contributed by atoms with Crippen molar-refractivity contribution in [1.29, 1.82) is 0 Å². The summed E-state index contributed by atoms with van der Waals surface area (Å²) in [5.74, 6) is 0.000745. The summed E-state index contributed by atoms with van der Waals surface area (Å²) in [6.07, 6.45) is 3.33. The lowest BCUT2D eigenvalue weighted by Crippen LogP contribution is -2.32. The molecule has 0 spiro atoms. The molecule has 3 aromatic rings. The number of nitrogens with one attached hydrogen (secondary N) is 2. The van der Waals surface area contributed by atoms with E-state index >= 15 is 0 Å². The summed E-state index contributed by atoms with van der Waals surface area (Å²) < 4.78 is 8.04. The van der Waals surface area contributed by atoms with Crippen molar-refractivity contribution in [2.75, 3.05) is 34.2 Å². The Morgan fingerprint density at radius 2 is 2.00 bits per heavy atom. The molecule has 0 aliphatic carbocycles. The zero-order valence-electron chi connectivity index (χ0n) is 19.0. The molecule has 0 saturated carbocycles. The van der Waals surface area contributed by atoms with Crippen LogP contribution in [0.25, 0.3) is 5.65 Å². The van der Waals surface area contributed by atoms with Gasteiger partial charge in [0.15, 0.2) is 23.4 Å². The van der Waals surface area contributed by atoms with Crippen LogP contribution in [0.4, 0.5) is 0 Å². The van der Waals surface area contributed by atoms with Crippen molar-refractivity contribution in [1.82, 2.24) is 24.9 Å². The number of nitrogens with zero attached hydrogens (tertiary/aromatic N) is 3. The fourth-order valence-corrected chi connectivity index (χ4v) is 3.98. The van der Waals surface area contributed by atoms with Gasteiger partial charge in [0, 0.05) is 36.5 Å². The first-order chi connectivity index (χ1) is 15.7. The van der Waals surface area contributed by atoms with E-state index in [9.17, 15) is 9.59 Å². The standard InChI is InChI=1S/C23H27Cl2N5O3/c1-14-13-30-10-5-6-18(22(30)28-14)33-23(26-2)20-16(24)8-7-15(21(20)25)17(31)12-27-19(32)9-11-29(3)4/h5-8,10,13,23,26H,9,11-12H2,1-4H3,(H,27,32). The summed E-state index contributed by atoms with van der Waals surface area (Å²) >= 11 is 13.1. The predicted molar refractivity (Wildman–Crippen MR) is 129 cm³/mol. The Hall–Kier alpha value is -2.65. The van der Waals surface area contributed by atoms with Crippen LogP contribution in [0, 0.1) is 6.92 Å². The number of carbonyl (C=O) groups excluding carboxylic acids is 2.